The fraction of sp³-hybridized carbons (Fsp3) is 0.222. The first kappa shape index (κ1) is 24.1. The monoisotopic (exact) mass is 506 g/mol. The Hall–Kier alpha value is -3.66. The highest BCUT2D eigenvalue weighted by Crippen LogP contribution is 2.36. The summed E-state index contributed by atoms with van der Waals surface area (Å²) in [6.45, 7) is 0.624. The second-order valence-corrected chi connectivity index (χ2v) is 10.0. The molecule has 2 heterocycles. The van der Waals surface area contributed by atoms with Crippen molar-refractivity contribution in [3.8, 4) is 23.1 Å². The van der Waals surface area contributed by atoms with Gasteiger partial charge in [-0.05, 0) is 36.2 Å². The third-order valence-corrected chi connectivity index (χ3v) is 7.29. The van der Waals surface area contributed by atoms with Crippen molar-refractivity contribution < 1.29 is 27.0 Å². The number of hydrogen-bond acceptors (Lipinski definition) is 7. The zero-order chi connectivity index (χ0) is 25.0. The minimum Gasteiger partial charge on any atom is -0.411 e. The smallest absolute Gasteiger partial charge is 0.401 e. The van der Waals surface area contributed by atoms with Gasteiger partial charge >= 0.3 is 6.08 Å². The number of nitrogens with zero attached hydrogens (tertiary/aromatic N) is 1. The molecule has 0 bridgehead atoms. The standard InChI is InChI=1S/C27H26N2O6S/c1-32-21-15-16-33-24(18-21)20-11-8-12-22(17-20)34-27-28-25(19-9-4-2-5-10-19)26(35-27)29-36(30,31)23-13-6-3-7-14-23/h2-14,17,21,24,29H,15-16,18H2,1H3. The summed E-state index contributed by atoms with van der Waals surface area (Å²) in [5.41, 5.74) is 1.95. The van der Waals surface area contributed by atoms with Gasteiger partial charge < -0.3 is 18.6 Å². The fourth-order valence-electron chi connectivity index (χ4n) is 4.08. The van der Waals surface area contributed by atoms with Crippen LogP contribution < -0.4 is 9.46 Å². The van der Waals surface area contributed by atoms with E-state index in [0.717, 1.165) is 18.4 Å². The molecule has 2 atom stereocenters. The Balaban J connectivity index is 1.43. The van der Waals surface area contributed by atoms with E-state index in [1.165, 1.54) is 12.1 Å². The van der Waals surface area contributed by atoms with Crippen LogP contribution in [0.1, 0.15) is 24.5 Å². The lowest BCUT2D eigenvalue weighted by Crippen LogP contribution is -2.25. The predicted molar refractivity (Wildman–Crippen MR) is 134 cm³/mol. The lowest BCUT2D eigenvalue weighted by molar-refractivity contribution is -0.0599. The summed E-state index contributed by atoms with van der Waals surface area (Å²) in [5, 5.41) is 0. The SMILES string of the molecule is COC1CCOC(c2cccc(Oc3nc(-c4ccccc4)c(NS(=O)(=O)c4ccccc4)o3)c2)C1. The molecule has 0 saturated carbocycles. The summed E-state index contributed by atoms with van der Waals surface area (Å²) in [5.74, 6) is 0.462. The molecule has 5 rings (SSSR count). The lowest BCUT2D eigenvalue weighted by atomic mass is 9.99. The number of anilines is 1. The molecule has 1 aliphatic rings. The van der Waals surface area contributed by atoms with Crippen LogP contribution >= 0.6 is 0 Å². The minimum absolute atomic E-state index is 0.0326. The summed E-state index contributed by atoms with van der Waals surface area (Å²) in [6.07, 6.45) is 1.57. The summed E-state index contributed by atoms with van der Waals surface area (Å²) in [6, 6.07) is 24.7. The van der Waals surface area contributed by atoms with E-state index in [1.54, 1.807) is 31.4 Å². The third kappa shape index (κ3) is 5.43. The number of oxazole rings is 1. The maximum absolute atomic E-state index is 13.0. The van der Waals surface area contributed by atoms with Crippen LogP contribution in [0.5, 0.6) is 11.8 Å². The van der Waals surface area contributed by atoms with Crippen molar-refractivity contribution in [2.45, 2.75) is 29.9 Å². The molecule has 0 spiro atoms. The van der Waals surface area contributed by atoms with Crippen molar-refractivity contribution in [3.63, 3.8) is 0 Å². The van der Waals surface area contributed by atoms with Crippen molar-refractivity contribution >= 4 is 15.9 Å². The normalized spacial score (nSPS) is 18.0. The molecular formula is C27H26N2O6S. The highest BCUT2D eigenvalue weighted by Gasteiger charge is 2.25. The van der Waals surface area contributed by atoms with E-state index >= 15 is 0 Å². The van der Waals surface area contributed by atoms with Gasteiger partial charge in [0.25, 0.3) is 10.0 Å². The molecule has 3 aromatic carbocycles. The van der Waals surface area contributed by atoms with Gasteiger partial charge in [0.1, 0.15) is 11.4 Å². The van der Waals surface area contributed by atoms with Crippen LogP contribution in [-0.4, -0.2) is 33.2 Å². The first-order valence-corrected chi connectivity index (χ1v) is 13.1. The summed E-state index contributed by atoms with van der Waals surface area (Å²) >= 11 is 0. The molecule has 1 N–H and O–H groups in total. The van der Waals surface area contributed by atoms with Gasteiger partial charge in [-0.1, -0.05) is 60.7 Å². The average Bonchev–Trinajstić information content (AvgIpc) is 3.31. The number of aromatic nitrogens is 1. The number of rotatable bonds is 8. The molecule has 1 aromatic heterocycles. The molecule has 9 heteroatoms. The molecule has 36 heavy (non-hydrogen) atoms. The Morgan fingerprint density at radius 1 is 0.972 bits per heavy atom. The molecule has 1 aliphatic heterocycles. The first-order valence-electron chi connectivity index (χ1n) is 11.6. The Kier molecular flexibility index (Phi) is 7.04. The van der Waals surface area contributed by atoms with Crippen molar-refractivity contribution in [1.29, 1.82) is 0 Å². The molecule has 2 unspecified atom stereocenters. The molecule has 0 amide bonds. The van der Waals surface area contributed by atoms with E-state index in [2.05, 4.69) is 9.71 Å². The van der Waals surface area contributed by atoms with Gasteiger partial charge in [-0.15, -0.1) is 0 Å². The average molecular weight is 507 g/mol. The largest absolute Gasteiger partial charge is 0.411 e. The van der Waals surface area contributed by atoms with Crippen LogP contribution in [0.25, 0.3) is 11.3 Å². The predicted octanol–water partition coefficient (Wildman–Crippen LogP) is 5.80. The molecular weight excluding hydrogens is 480 g/mol. The molecule has 1 saturated heterocycles. The van der Waals surface area contributed by atoms with E-state index in [4.69, 9.17) is 18.6 Å². The van der Waals surface area contributed by atoms with Gasteiger partial charge in [0, 0.05) is 25.7 Å². The Morgan fingerprint density at radius 3 is 2.47 bits per heavy atom. The maximum Gasteiger partial charge on any atom is 0.401 e. The van der Waals surface area contributed by atoms with Crippen molar-refractivity contribution in [3.05, 3.63) is 90.5 Å². The number of ether oxygens (including phenoxy) is 3. The van der Waals surface area contributed by atoms with Gasteiger partial charge in [0.2, 0.25) is 5.88 Å². The highest BCUT2D eigenvalue weighted by atomic mass is 32.2. The van der Waals surface area contributed by atoms with E-state index in [-0.39, 0.29) is 29.1 Å². The van der Waals surface area contributed by atoms with Crippen molar-refractivity contribution in [2.75, 3.05) is 18.4 Å². The number of methoxy groups -OCH3 is 1. The van der Waals surface area contributed by atoms with Crippen LogP contribution in [0.4, 0.5) is 5.88 Å². The van der Waals surface area contributed by atoms with Gasteiger partial charge in [0.15, 0.2) is 0 Å². The van der Waals surface area contributed by atoms with Gasteiger partial charge in [-0.2, -0.15) is 4.98 Å². The quantitative estimate of drug-likeness (QED) is 0.322. The topological polar surface area (TPSA) is 99.9 Å². The van der Waals surface area contributed by atoms with Crippen LogP contribution in [0, 0.1) is 0 Å². The number of nitrogens with one attached hydrogen (secondary N) is 1. The van der Waals surface area contributed by atoms with Crippen LogP contribution in [0.15, 0.2) is 94.2 Å². The van der Waals surface area contributed by atoms with Crippen LogP contribution in [0.2, 0.25) is 0 Å². The summed E-state index contributed by atoms with van der Waals surface area (Å²) < 4.78 is 51.6. The van der Waals surface area contributed by atoms with E-state index in [1.807, 2.05) is 48.5 Å². The molecule has 186 valence electrons. The number of sulfonamides is 1. The first-order chi connectivity index (χ1) is 17.5. The molecule has 1 fully saturated rings. The second-order valence-electron chi connectivity index (χ2n) is 8.36. The zero-order valence-corrected chi connectivity index (χ0v) is 20.5. The zero-order valence-electron chi connectivity index (χ0n) is 19.7. The van der Waals surface area contributed by atoms with E-state index < -0.39 is 10.0 Å². The van der Waals surface area contributed by atoms with E-state index in [0.29, 0.717) is 23.6 Å². The third-order valence-electron chi connectivity index (χ3n) is 5.94. The lowest BCUT2D eigenvalue weighted by Gasteiger charge is -2.29. The Labute approximate surface area is 209 Å². The van der Waals surface area contributed by atoms with Gasteiger partial charge in [0.05, 0.1) is 17.1 Å². The minimum atomic E-state index is -3.90. The van der Waals surface area contributed by atoms with Gasteiger partial charge in [-0.25, -0.2) is 13.1 Å². The maximum atomic E-state index is 13.0. The van der Waals surface area contributed by atoms with Crippen LogP contribution in [-0.2, 0) is 19.5 Å². The molecule has 0 aliphatic carbocycles. The van der Waals surface area contributed by atoms with Crippen molar-refractivity contribution in [2.24, 2.45) is 0 Å². The number of benzene rings is 3. The summed E-state index contributed by atoms with van der Waals surface area (Å²) in [7, 11) is -2.19. The fourth-order valence-corrected chi connectivity index (χ4v) is 5.09. The Morgan fingerprint density at radius 2 is 1.72 bits per heavy atom. The second kappa shape index (κ2) is 10.5. The highest BCUT2D eigenvalue weighted by molar-refractivity contribution is 7.92. The van der Waals surface area contributed by atoms with Crippen molar-refractivity contribution in [1.82, 2.24) is 4.98 Å². The Bertz CT molecular complexity index is 1410. The molecule has 0 radical (unpaired) electrons. The summed E-state index contributed by atoms with van der Waals surface area (Å²) in [4.78, 5) is 4.56. The van der Waals surface area contributed by atoms with E-state index in [9.17, 15) is 8.42 Å². The molecule has 8 nitrogen and oxygen atoms in total. The van der Waals surface area contributed by atoms with Crippen LogP contribution in [0.3, 0.4) is 0 Å². The van der Waals surface area contributed by atoms with Gasteiger partial charge in [-0.3, -0.25) is 0 Å². The number of hydrogen-bond donors (Lipinski definition) is 1. The molecule has 4 aromatic rings.